The smallest absolute Gasteiger partial charge is 0.105 e. The fourth-order valence-corrected chi connectivity index (χ4v) is 7.42. The van der Waals surface area contributed by atoms with Crippen molar-refractivity contribution in [3.8, 4) is 21.1 Å². The number of aromatic nitrogens is 4. The molecular formula is C18H16N4S4. The van der Waals surface area contributed by atoms with E-state index in [0.29, 0.717) is 0 Å². The highest BCUT2D eigenvalue weighted by molar-refractivity contribution is 7.22. The summed E-state index contributed by atoms with van der Waals surface area (Å²) in [6, 6.07) is 0. The zero-order valence-electron chi connectivity index (χ0n) is 14.8. The number of thiazole rings is 4. The zero-order valence-corrected chi connectivity index (χ0v) is 18.1. The van der Waals surface area contributed by atoms with Crippen molar-refractivity contribution in [2.45, 2.75) is 40.5 Å². The molecule has 0 N–H and O–H groups in total. The second-order valence-corrected chi connectivity index (χ2v) is 11.4. The molecule has 6 rings (SSSR count). The van der Waals surface area contributed by atoms with Crippen LogP contribution < -0.4 is 0 Å². The monoisotopic (exact) mass is 416 g/mol. The Balaban J connectivity index is 0.000000115. The summed E-state index contributed by atoms with van der Waals surface area (Å²) in [5.41, 5.74) is 4.75. The van der Waals surface area contributed by atoms with Crippen LogP contribution in [0.25, 0.3) is 21.1 Å². The van der Waals surface area contributed by atoms with E-state index in [2.05, 4.69) is 47.6 Å². The van der Waals surface area contributed by atoms with E-state index >= 15 is 0 Å². The molecule has 0 radical (unpaired) electrons. The van der Waals surface area contributed by atoms with E-state index in [1.807, 2.05) is 0 Å². The highest BCUT2D eigenvalue weighted by atomic mass is 32.1. The van der Waals surface area contributed by atoms with Crippen molar-refractivity contribution in [3.05, 3.63) is 41.2 Å². The van der Waals surface area contributed by atoms with Gasteiger partial charge in [0.05, 0.1) is 41.2 Å². The maximum Gasteiger partial charge on any atom is 0.105 e. The summed E-state index contributed by atoms with van der Waals surface area (Å²) in [7, 11) is 0. The van der Waals surface area contributed by atoms with Crippen LogP contribution in [0, 0.1) is 27.7 Å². The van der Waals surface area contributed by atoms with Crippen LogP contribution >= 0.6 is 45.3 Å². The normalized spacial score (nSPS) is 13.1. The number of aryl methyl sites for hydroxylation is 4. The van der Waals surface area contributed by atoms with Crippen molar-refractivity contribution in [2.24, 2.45) is 0 Å². The van der Waals surface area contributed by atoms with Gasteiger partial charge in [-0.15, -0.1) is 45.3 Å². The average molecular weight is 417 g/mol. The highest BCUT2D eigenvalue weighted by Gasteiger charge is 2.26. The van der Waals surface area contributed by atoms with Gasteiger partial charge in [0.15, 0.2) is 0 Å². The molecule has 26 heavy (non-hydrogen) atoms. The Kier molecular flexibility index (Phi) is 3.86. The molecule has 0 atom stereocenters. The standard InChI is InChI=1S/2C9H8N2S2/c1-4-10-8-6(12-4)3-7-9(8)11-5(2)13-7;1-4-10-6-3-7-9(8(6)12-4)13-5(2)11-7/h2*3H2,1-2H3. The van der Waals surface area contributed by atoms with E-state index in [-0.39, 0.29) is 0 Å². The third-order valence-corrected chi connectivity index (χ3v) is 8.44. The third-order valence-electron chi connectivity index (χ3n) is 4.30. The van der Waals surface area contributed by atoms with Gasteiger partial charge in [0.25, 0.3) is 0 Å². The SMILES string of the molecule is Cc1nc2c(s1)-c1sc(C)nc1C2.Cc1nc2c(s1)Cc1sc(C)nc1-2. The predicted octanol–water partition coefficient (Wildman–Crippen LogP) is 5.58. The van der Waals surface area contributed by atoms with Crippen molar-refractivity contribution in [3.63, 3.8) is 0 Å². The topological polar surface area (TPSA) is 51.6 Å². The van der Waals surface area contributed by atoms with Gasteiger partial charge in [-0.3, -0.25) is 0 Å². The van der Waals surface area contributed by atoms with Crippen LogP contribution in [0.1, 0.15) is 41.2 Å². The lowest BCUT2D eigenvalue weighted by Gasteiger charge is -1.84. The maximum absolute atomic E-state index is 4.51. The molecule has 2 aliphatic carbocycles. The Morgan fingerprint density at radius 1 is 0.538 bits per heavy atom. The lowest BCUT2D eigenvalue weighted by molar-refractivity contribution is 1.06. The Labute approximate surface area is 167 Å². The minimum atomic E-state index is 0.944. The molecule has 0 fully saturated rings. The molecule has 0 spiro atoms. The van der Waals surface area contributed by atoms with Crippen LogP contribution in [0.3, 0.4) is 0 Å². The molecule has 2 aliphatic rings. The molecule has 0 aromatic carbocycles. The summed E-state index contributed by atoms with van der Waals surface area (Å²) in [6.45, 7) is 8.25. The molecule has 4 aromatic heterocycles. The number of hydrogen-bond donors (Lipinski definition) is 0. The summed E-state index contributed by atoms with van der Waals surface area (Å²) in [5, 5.41) is 4.64. The fraction of sp³-hybridized carbons (Fsp3) is 0.333. The molecule has 0 bridgehead atoms. The zero-order chi connectivity index (χ0) is 18.0. The number of hydrogen-bond acceptors (Lipinski definition) is 8. The largest absolute Gasteiger partial charge is 0.245 e. The number of fused-ring (bicyclic) bond motifs is 6. The van der Waals surface area contributed by atoms with E-state index in [0.717, 1.165) is 34.2 Å². The van der Waals surface area contributed by atoms with Gasteiger partial charge in [-0.05, 0) is 27.7 Å². The van der Waals surface area contributed by atoms with Gasteiger partial charge < -0.3 is 0 Å². The van der Waals surface area contributed by atoms with Crippen LogP contribution in [0.15, 0.2) is 0 Å². The summed E-state index contributed by atoms with van der Waals surface area (Å²) in [5.74, 6) is 0. The molecule has 4 heterocycles. The second kappa shape index (κ2) is 6.02. The summed E-state index contributed by atoms with van der Waals surface area (Å²) in [4.78, 5) is 23.5. The Hall–Kier alpha value is -1.48. The molecule has 0 aliphatic heterocycles. The van der Waals surface area contributed by atoms with Crippen LogP contribution in [0.5, 0.6) is 0 Å². The summed E-state index contributed by atoms with van der Waals surface area (Å²) < 4.78 is 0. The van der Waals surface area contributed by atoms with E-state index in [9.17, 15) is 0 Å². The Bertz CT molecular complexity index is 966. The summed E-state index contributed by atoms with van der Waals surface area (Å²) >= 11 is 7.18. The van der Waals surface area contributed by atoms with E-state index < -0.39 is 0 Å². The average Bonchev–Trinajstić information content (AvgIpc) is 3.33. The van der Waals surface area contributed by atoms with Gasteiger partial charge in [0, 0.05) is 22.6 Å². The minimum Gasteiger partial charge on any atom is -0.245 e. The lowest BCUT2D eigenvalue weighted by atomic mass is 10.3. The highest BCUT2D eigenvalue weighted by Crippen LogP contribution is 2.43. The first-order valence-corrected chi connectivity index (χ1v) is 11.6. The first-order valence-electron chi connectivity index (χ1n) is 8.34. The summed E-state index contributed by atoms with van der Waals surface area (Å²) in [6.07, 6.45) is 2.00. The molecule has 0 unspecified atom stereocenters. The third kappa shape index (κ3) is 2.67. The fourth-order valence-electron chi connectivity index (χ4n) is 3.39. The van der Waals surface area contributed by atoms with Gasteiger partial charge in [-0.2, -0.15) is 0 Å². The van der Waals surface area contributed by atoms with Gasteiger partial charge in [0.1, 0.15) is 11.4 Å². The Morgan fingerprint density at radius 2 is 0.962 bits per heavy atom. The van der Waals surface area contributed by atoms with Gasteiger partial charge in [-0.1, -0.05) is 0 Å². The van der Waals surface area contributed by atoms with Gasteiger partial charge in [0.2, 0.25) is 0 Å². The van der Waals surface area contributed by atoms with Crippen molar-refractivity contribution in [1.29, 1.82) is 0 Å². The van der Waals surface area contributed by atoms with E-state index in [1.165, 1.54) is 40.9 Å². The van der Waals surface area contributed by atoms with Gasteiger partial charge >= 0.3 is 0 Å². The first kappa shape index (κ1) is 16.7. The van der Waals surface area contributed by atoms with Crippen LogP contribution in [-0.2, 0) is 12.8 Å². The van der Waals surface area contributed by atoms with Crippen molar-refractivity contribution in [1.82, 2.24) is 19.9 Å². The lowest BCUT2D eigenvalue weighted by Crippen LogP contribution is -1.84. The first-order chi connectivity index (χ1) is 12.5. The van der Waals surface area contributed by atoms with Crippen molar-refractivity contribution >= 4 is 45.3 Å². The van der Waals surface area contributed by atoms with Crippen LogP contribution in [0.2, 0.25) is 0 Å². The second-order valence-electron chi connectivity index (χ2n) is 6.38. The van der Waals surface area contributed by atoms with Crippen molar-refractivity contribution in [2.75, 3.05) is 0 Å². The van der Waals surface area contributed by atoms with Crippen molar-refractivity contribution < 1.29 is 0 Å². The molecule has 0 saturated heterocycles. The molecule has 0 amide bonds. The molecule has 4 aromatic rings. The molecule has 4 nitrogen and oxygen atoms in total. The van der Waals surface area contributed by atoms with Crippen LogP contribution in [0.4, 0.5) is 0 Å². The predicted molar refractivity (Wildman–Crippen MR) is 111 cm³/mol. The Morgan fingerprint density at radius 3 is 1.42 bits per heavy atom. The quantitative estimate of drug-likeness (QED) is 0.324. The minimum absolute atomic E-state index is 0.944. The molecular weight excluding hydrogens is 400 g/mol. The molecule has 0 saturated carbocycles. The molecule has 132 valence electrons. The maximum atomic E-state index is 4.51. The molecule has 8 heteroatoms. The number of nitrogens with zero attached hydrogens (tertiary/aromatic N) is 4. The van der Waals surface area contributed by atoms with E-state index in [1.54, 1.807) is 45.3 Å². The number of rotatable bonds is 0. The van der Waals surface area contributed by atoms with E-state index in [4.69, 9.17) is 0 Å². The van der Waals surface area contributed by atoms with Crippen LogP contribution in [-0.4, -0.2) is 19.9 Å². The van der Waals surface area contributed by atoms with Gasteiger partial charge in [-0.25, -0.2) is 19.9 Å².